The van der Waals surface area contributed by atoms with Crippen molar-refractivity contribution >= 4 is 106 Å². The average molecular weight is 1850 g/mol. The zero-order valence-electron chi connectivity index (χ0n) is 67.4. The molecule has 0 saturated carbocycles. The van der Waals surface area contributed by atoms with Crippen LogP contribution in [0.3, 0.4) is 0 Å². The number of fused-ring (bicyclic) bond motifs is 3. The molecule has 3 aliphatic heterocycles. The summed E-state index contributed by atoms with van der Waals surface area (Å²) in [5.74, 6) is -3.65. The minimum absolute atomic E-state index is 0.0482. The van der Waals surface area contributed by atoms with Crippen molar-refractivity contribution in [1.29, 1.82) is 0 Å². The molecule has 0 bridgehead atoms. The van der Waals surface area contributed by atoms with Gasteiger partial charge in [-0.25, -0.2) is 18.0 Å². The maximum atomic E-state index is 13.4. The molecule has 30 nitrogen and oxygen atoms in total. The van der Waals surface area contributed by atoms with Crippen LogP contribution in [-0.4, -0.2) is 160 Å². The number of benzene rings is 6. The molecule has 2 radical (unpaired) electrons. The number of hydrogen-bond donors (Lipinski definition) is 8. The van der Waals surface area contributed by atoms with Gasteiger partial charge in [0.15, 0.2) is 17.1 Å². The molecule has 0 spiro atoms. The predicted molar refractivity (Wildman–Crippen MR) is 455 cm³/mol. The number of nitrogens with one attached hydrogen (secondary N) is 5. The summed E-state index contributed by atoms with van der Waals surface area (Å²) >= 11 is 3.88. The molecule has 12 aromatic rings. The SMILES string of the molecule is C=CC(=O)Cl.CC1CN(C(=O)c2ccc[nH]2)Cc2c(C(=O)NCc3cccc(N)c3)nn(Cc3ccc(F)cc3)c21.CC1CN(C(=O)c2ccc[nH]2)Cc2c(C(=O)NCc3cccc([N+](=O)[O-])c3)nn(Cc3ccc(F)cc3)c21.CC1CN(C(=O)c2ccc[nH]2)Cc2c(C(=O)O)nn(Cc3ccc(F)cc3)c21.NCc1cccc([N+](=O)[O-])c1.[2H]CF.[Cl][Sn][Cl]. The third-order valence-electron chi connectivity index (χ3n) is 19.4. The molecule has 9 heterocycles. The molecular weight excluding hydrogens is 1770 g/mol. The Morgan fingerprint density at radius 3 is 1.15 bits per heavy atom. The second-order valence-electron chi connectivity index (χ2n) is 28.1. The van der Waals surface area contributed by atoms with E-state index in [1.807, 2.05) is 39.0 Å². The Morgan fingerprint density at radius 2 is 0.846 bits per heavy atom. The molecule has 10 N–H and O–H groups in total. The number of nitro benzene ring substituents is 2. The molecule has 3 aliphatic rings. The number of aromatic amines is 3. The van der Waals surface area contributed by atoms with Gasteiger partial charge in [-0.2, -0.15) is 15.3 Å². The first kappa shape index (κ1) is 92.3. The Morgan fingerprint density at radius 1 is 0.537 bits per heavy atom. The molecule has 5 amide bonds. The van der Waals surface area contributed by atoms with Gasteiger partial charge in [-0.15, -0.1) is 0 Å². The van der Waals surface area contributed by atoms with Gasteiger partial charge in [-0.05, 0) is 136 Å². The first-order valence-corrected chi connectivity index (χ1v) is 45.3. The summed E-state index contributed by atoms with van der Waals surface area (Å²) in [6, 6.07) is 48.4. The second kappa shape index (κ2) is 45.0. The fourth-order valence-electron chi connectivity index (χ4n) is 14.0. The number of hydrogen-bond acceptors (Lipinski definition) is 16. The van der Waals surface area contributed by atoms with Crippen molar-refractivity contribution in [2.75, 3.05) is 32.5 Å². The summed E-state index contributed by atoms with van der Waals surface area (Å²) in [6.07, 6.45) is 6.11. The topological polar surface area (TPSA) is 413 Å². The van der Waals surface area contributed by atoms with E-state index in [9.17, 15) is 76.5 Å². The number of aromatic nitrogens is 9. The number of alkyl halides is 1. The summed E-state index contributed by atoms with van der Waals surface area (Å²) in [5, 5.41) is 49.8. The van der Waals surface area contributed by atoms with E-state index in [0.717, 1.165) is 56.5 Å². The Kier molecular flexibility index (Phi) is 33.8. The maximum absolute atomic E-state index is 13.4. The summed E-state index contributed by atoms with van der Waals surface area (Å²) in [4.78, 5) is 121. The van der Waals surface area contributed by atoms with Gasteiger partial charge in [0.05, 0.1) is 57.6 Å². The number of nitrogens with zero attached hydrogens (tertiary/aromatic N) is 11. The number of carboxylic acids is 1. The number of H-pyrrole nitrogens is 3. The number of non-ortho nitro benzene ring substituents is 2. The van der Waals surface area contributed by atoms with Crippen LogP contribution in [-0.2, 0) is 63.7 Å². The molecule has 3 atom stereocenters. The monoisotopic (exact) mass is 1850 g/mol. The number of nitro groups is 2. The number of allylic oxidation sites excluding steroid dienone is 1. The number of anilines is 1. The van der Waals surface area contributed by atoms with E-state index >= 15 is 0 Å². The van der Waals surface area contributed by atoms with Crippen LogP contribution in [0.15, 0.2) is 213 Å². The van der Waals surface area contributed by atoms with Gasteiger partial charge in [0.1, 0.15) is 34.5 Å². The van der Waals surface area contributed by atoms with Gasteiger partial charge in [0.2, 0.25) is 5.24 Å². The molecule has 3 unspecified atom stereocenters. The van der Waals surface area contributed by atoms with E-state index < -0.39 is 53.0 Å². The fraction of sp³-hybridized carbons (Fsp3) is 0.224. The third-order valence-corrected chi connectivity index (χ3v) is 19.6. The molecule has 0 fully saturated rings. The van der Waals surface area contributed by atoms with Crippen molar-refractivity contribution in [2.45, 2.75) is 97.4 Å². The van der Waals surface area contributed by atoms with Crippen molar-refractivity contribution < 1.29 is 67.4 Å². The van der Waals surface area contributed by atoms with Crippen LogP contribution in [0.2, 0.25) is 0 Å². The molecule has 0 saturated heterocycles. The molecule has 6 aromatic carbocycles. The van der Waals surface area contributed by atoms with Crippen molar-refractivity contribution in [3.05, 3.63) is 352 Å². The van der Waals surface area contributed by atoms with Gasteiger partial charge in [-0.3, -0.25) is 67.4 Å². The molecule has 38 heteroatoms. The number of carboxylic acid groups (broad SMARTS) is 1. The van der Waals surface area contributed by atoms with Crippen LogP contribution in [0.1, 0.15) is 170 Å². The van der Waals surface area contributed by atoms with Gasteiger partial charge < -0.3 is 56.9 Å². The number of carbonyl (C=O) groups excluding carboxylic acids is 6. The van der Waals surface area contributed by atoms with E-state index in [0.29, 0.717) is 91.8 Å². The summed E-state index contributed by atoms with van der Waals surface area (Å²) < 4.78 is 60.8. The summed E-state index contributed by atoms with van der Waals surface area (Å²) in [5.41, 5.74) is 22.8. The number of halogens is 7. The quantitative estimate of drug-likeness (QED) is 0.00668. The number of aromatic carboxylic acids is 1. The van der Waals surface area contributed by atoms with Crippen LogP contribution in [0.5, 0.6) is 0 Å². The van der Waals surface area contributed by atoms with Crippen molar-refractivity contribution in [3.63, 3.8) is 0 Å². The van der Waals surface area contributed by atoms with E-state index in [4.69, 9.17) is 42.3 Å². The first-order valence-electron chi connectivity index (χ1n) is 38.4. The van der Waals surface area contributed by atoms with E-state index in [1.54, 1.807) is 150 Å². The normalized spacial score (nSPS) is 14.0. The molecule has 0 aliphatic carbocycles. The molecule has 640 valence electrons. The van der Waals surface area contributed by atoms with Crippen LogP contribution < -0.4 is 22.1 Å². The van der Waals surface area contributed by atoms with E-state index in [-0.39, 0.29) is 113 Å². The first-order chi connectivity index (χ1) is 59.5. The van der Waals surface area contributed by atoms with Crippen molar-refractivity contribution in [3.8, 4) is 0 Å². The Bertz CT molecular complexity index is 5690. The van der Waals surface area contributed by atoms with Gasteiger partial charge in [0.25, 0.3) is 40.9 Å². The number of amides is 5. The standard InChI is InChI=1S/C27H25FN6O4.C27H27FN6O2.C20H19FN4O3.C7H8N2O2.C3H3ClO.CH3F.2ClH.Sn/c1-17-14-32(27(36)23-6-3-11-29-23)16-22-24(26(35)30-13-19-4-2-5-21(12-19)34(37)38)31-33(25(17)22)15-18-7-9-20(28)10-8-18;1-17-14-33(27(36)23-6-3-11-30-23)16-22-24(26(35)31-13-19-4-2-5-21(29)12-19)32-34(25(17)22)15-18-7-9-20(28)10-8-18;1-12-9-24(19(26)16-3-2-8-22-16)11-15-17(20(27)28)23-25(18(12)15)10-13-4-6-14(21)7-5-13;8-5-6-2-1-3-7(4-6)9(10)11;1-2-3(4)5;1-2;;;/h2-12,17,29H,13-16H2,1H3,(H,30,35);2-12,17,30H,13-16,29H2,1H3,(H,31,35);2-8,12,22H,9-11H2,1H3,(H,27,28);1-4H,5,8H2;2H,1H2;1H3;2*1H;/q;;;;;;;;+2/p-2/i;;;;;1D;;;. The van der Waals surface area contributed by atoms with E-state index in [2.05, 4.69) is 47.5 Å². The average Bonchev–Trinajstić information content (AvgIpc) is 1.62. The van der Waals surface area contributed by atoms with E-state index in [1.165, 1.54) is 60.7 Å². The number of carbonyl (C=O) groups is 7. The molecule has 6 aromatic heterocycles. The number of nitrogens with two attached hydrogens (primary N) is 2. The molecule has 15 rings (SSSR count). The van der Waals surface area contributed by atoms with Crippen molar-refractivity contribution in [2.24, 2.45) is 5.73 Å². The van der Waals surface area contributed by atoms with Crippen LogP contribution in [0, 0.1) is 37.7 Å². The zero-order valence-corrected chi connectivity index (χ0v) is 71.5. The minimum atomic E-state index is -1.13. The van der Waals surface area contributed by atoms with Gasteiger partial charge in [0, 0.05) is 139 Å². The van der Waals surface area contributed by atoms with Gasteiger partial charge in [-0.1, -0.05) is 100 Å². The molecule has 123 heavy (non-hydrogen) atoms. The van der Waals surface area contributed by atoms with Gasteiger partial charge >= 0.3 is 42.7 Å². The fourth-order valence-corrected chi connectivity index (χ4v) is 14.0. The number of rotatable bonds is 20. The summed E-state index contributed by atoms with van der Waals surface area (Å²) in [7, 11) is 8.87. The van der Waals surface area contributed by atoms with Crippen LogP contribution in [0.4, 0.5) is 34.6 Å². The third kappa shape index (κ3) is 25.3. The summed E-state index contributed by atoms with van der Waals surface area (Å²) in [6.45, 7) is 12.8. The second-order valence-corrected chi connectivity index (χ2v) is 32.7. The number of nitrogen functional groups attached to an aromatic ring is 1. The van der Waals surface area contributed by atoms with Crippen LogP contribution in [0.25, 0.3) is 0 Å². The molecular formula is C85H85Cl3F4N18O12Sn. The zero-order chi connectivity index (χ0) is 89.8. The Hall–Kier alpha value is -13.0. The predicted octanol–water partition coefficient (Wildman–Crippen LogP) is 14.1. The Balaban J connectivity index is 0.000000189. The van der Waals surface area contributed by atoms with Crippen molar-refractivity contribution in [1.82, 2.24) is 69.6 Å². The van der Waals surface area contributed by atoms with Crippen LogP contribution >= 0.6 is 29.4 Å². The Labute approximate surface area is 726 Å².